The van der Waals surface area contributed by atoms with Gasteiger partial charge in [0.2, 0.25) is 0 Å². The summed E-state index contributed by atoms with van der Waals surface area (Å²) in [6.07, 6.45) is 0. The SMILES string of the molecule is Cc1nn(C)c(C)c1/N=N/c1c(F)cccc1F. The summed E-state index contributed by atoms with van der Waals surface area (Å²) in [6.45, 7) is 3.57. The van der Waals surface area contributed by atoms with Crippen molar-refractivity contribution in [2.75, 3.05) is 0 Å². The standard InChI is InChI=1S/C12H12F2N4/c1-7-11(8(2)18(3)17-7)15-16-12-9(13)5-4-6-10(12)14/h4-6H,1-3H3/b16-15+. The smallest absolute Gasteiger partial charge is 0.157 e. The lowest BCUT2D eigenvalue weighted by Crippen LogP contribution is -1.91. The second-order valence-electron chi connectivity index (χ2n) is 3.91. The fourth-order valence-electron chi connectivity index (χ4n) is 1.59. The lowest BCUT2D eigenvalue weighted by atomic mass is 10.3. The predicted octanol–water partition coefficient (Wildman–Crippen LogP) is 3.73. The molecule has 0 saturated carbocycles. The lowest BCUT2D eigenvalue weighted by Gasteiger charge is -1.97. The second-order valence-corrected chi connectivity index (χ2v) is 3.91. The van der Waals surface area contributed by atoms with Crippen LogP contribution >= 0.6 is 0 Å². The van der Waals surface area contributed by atoms with E-state index in [1.54, 1.807) is 18.7 Å². The Morgan fingerprint density at radius 3 is 2.11 bits per heavy atom. The Morgan fingerprint density at radius 1 is 1.06 bits per heavy atom. The van der Waals surface area contributed by atoms with Crippen LogP contribution in [0.1, 0.15) is 11.4 Å². The Bertz CT molecular complexity index is 597. The van der Waals surface area contributed by atoms with E-state index in [9.17, 15) is 8.78 Å². The average molecular weight is 250 g/mol. The molecule has 1 aromatic heterocycles. The van der Waals surface area contributed by atoms with Crippen LogP contribution in [0.25, 0.3) is 0 Å². The first-order chi connectivity index (χ1) is 8.50. The number of halogens is 2. The van der Waals surface area contributed by atoms with Crippen molar-refractivity contribution in [1.29, 1.82) is 0 Å². The minimum absolute atomic E-state index is 0.389. The van der Waals surface area contributed by atoms with Crippen LogP contribution in [0.3, 0.4) is 0 Å². The zero-order chi connectivity index (χ0) is 13.3. The zero-order valence-electron chi connectivity index (χ0n) is 10.3. The van der Waals surface area contributed by atoms with Gasteiger partial charge in [-0.2, -0.15) is 5.10 Å². The number of hydrogen-bond acceptors (Lipinski definition) is 3. The van der Waals surface area contributed by atoms with Crippen molar-refractivity contribution in [2.24, 2.45) is 17.3 Å². The Morgan fingerprint density at radius 2 is 1.61 bits per heavy atom. The van der Waals surface area contributed by atoms with Crippen molar-refractivity contribution in [3.63, 3.8) is 0 Å². The number of hydrogen-bond donors (Lipinski definition) is 0. The van der Waals surface area contributed by atoms with Gasteiger partial charge in [0.1, 0.15) is 5.69 Å². The third-order valence-corrected chi connectivity index (χ3v) is 2.66. The largest absolute Gasteiger partial charge is 0.270 e. The molecular formula is C12H12F2N4. The van der Waals surface area contributed by atoms with E-state index in [0.29, 0.717) is 11.4 Å². The molecule has 18 heavy (non-hydrogen) atoms. The molecule has 2 rings (SSSR count). The number of benzene rings is 1. The molecule has 0 N–H and O–H groups in total. The van der Waals surface area contributed by atoms with Gasteiger partial charge in [0.05, 0.1) is 11.4 Å². The van der Waals surface area contributed by atoms with Crippen molar-refractivity contribution in [3.05, 3.63) is 41.2 Å². The maximum Gasteiger partial charge on any atom is 0.157 e. The van der Waals surface area contributed by atoms with Crippen LogP contribution in [0.2, 0.25) is 0 Å². The average Bonchev–Trinajstić information content (AvgIpc) is 2.54. The molecule has 1 heterocycles. The van der Waals surface area contributed by atoms with Gasteiger partial charge in [0.25, 0.3) is 0 Å². The third-order valence-electron chi connectivity index (χ3n) is 2.66. The normalized spacial score (nSPS) is 11.4. The zero-order valence-corrected chi connectivity index (χ0v) is 10.3. The fourth-order valence-corrected chi connectivity index (χ4v) is 1.59. The van der Waals surface area contributed by atoms with Gasteiger partial charge in [-0.3, -0.25) is 4.68 Å². The van der Waals surface area contributed by atoms with Crippen molar-refractivity contribution >= 4 is 11.4 Å². The van der Waals surface area contributed by atoms with Gasteiger partial charge in [-0.25, -0.2) is 8.78 Å². The van der Waals surface area contributed by atoms with Crippen molar-refractivity contribution in [2.45, 2.75) is 13.8 Å². The number of aryl methyl sites for hydroxylation is 2. The van der Waals surface area contributed by atoms with Crippen molar-refractivity contribution in [1.82, 2.24) is 9.78 Å². The molecule has 0 saturated heterocycles. The van der Waals surface area contributed by atoms with E-state index in [0.717, 1.165) is 17.8 Å². The highest BCUT2D eigenvalue weighted by atomic mass is 19.1. The first-order valence-corrected chi connectivity index (χ1v) is 5.36. The number of rotatable bonds is 2. The third kappa shape index (κ3) is 2.13. The van der Waals surface area contributed by atoms with Gasteiger partial charge in [-0.15, -0.1) is 10.2 Å². The maximum atomic E-state index is 13.3. The molecular weight excluding hydrogens is 238 g/mol. The fraction of sp³-hybridized carbons (Fsp3) is 0.250. The number of nitrogens with zero attached hydrogens (tertiary/aromatic N) is 4. The van der Waals surface area contributed by atoms with E-state index in [1.165, 1.54) is 6.07 Å². The lowest BCUT2D eigenvalue weighted by molar-refractivity contribution is 0.585. The van der Waals surface area contributed by atoms with Crippen molar-refractivity contribution < 1.29 is 8.78 Å². The van der Waals surface area contributed by atoms with Gasteiger partial charge >= 0.3 is 0 Å². The van der Waals surface area contributed by atoms with Gasteiger partial charge < -0.3 is 0 Å². The van der Waals surface area contributed by atoms with Gasteiger partial charge in [0, 0.05) is 7.05 Å². The van der Waals surface area contributed by atoms with E-state index in [2.05, 4.69) is 15.3 Å². The summed E-state index contributed by atoms with van der Waals surface area (Å²) in [5.74, 6) is -1.48. The molecule has 1 aromatic carbocycles. The van der Waals surface area contributed by atoms with E-state index >= 15 is 0 Å². The molecule has 0 unspecified atom stereocenters. The molecule has 4 nitrogen and oxygen atoms in total. The summed E-state index contributed by atoms with van der Waals surface area (Å²) >= 11 is 0. The summed E-state index contributed by atoms with van der Waals surface area (Å²) in [5.41, 5.74) is 1.59. The van der Waals surface area contributed by atoms with Crippen LogP contribution in [-0.2, 0) is 7.05 Å². The molecule has 0 spiro atoms. The predicted molar refractivity (Wildman–Crippen MR) is 63.2 cm³/mol. The quantitative estimate of drug-likeness (QED) is 0.749. The molecule has 94 valence electrons. The molecule has 6 heteroatoms. The Hall–Kier alpha value is -2.11. The number of azo groups is 1. The summed E-state index contributed by atoms with van der Waals surface area (Å²) in [5, 5.41) is 11.7. The first kappa shape index (κ1) is 12.3. The highest BCUT2D eigenvalue weighted by Crippen LogP contribution is 2.27. The van der Waals surface area contributed by atoms with Gasteiger partial charge in [0.15, 0.2) is 17.3 Å². The van der Waals surface area contributed by atoms with E-state index < -0.39 is 11.6 Å². The van der Waals surface area contributed by atoms with Crippen LogP contribution in [0.5, 0.6) is 0 Å². The Labute approximate surface area is 103 Å². The van der Waals surface area contributed by atoms with E-state index in [4.69, 9.17) is 0 Å². The summed E-state index contributed by atoms with van der Waals surface area (Å²) in [4.78, 5) is 0. The molecule has 0 fully saturated rings. The molecule has 0 aliphatic heterocycles. The van der Waals surface area contributed by atoms with Crippen LogP contribution in [0.15, 0.2) is 28.4 Å². The molecule has 0 aliphatic rings. The first-order valence-electron chi connectivity index (χ1n) is 5.36. The summed E-state index contributed by atoms with van der Waals surface area (Å²) in [7, 11) is 1.77. The summed E-state index contributed by atoms with van der Waals surface area (Å²) in [6, 6.07) is 3.56. The number of aromatic nitrogens is 2. The molecule has 0 bridgehead atoms. The molecule has 0 radical (unpaired) electrons. The van der Waals surface area contributed by atoms with E-state index in [1.807, 2.05) is 6.92 Å². The molecule has 0 amide bonds. The molecule has 2 aromatic rings. The van der Waals surface area contributed by atoms with Crippen molar-refractivity contribution in [3.8, 4) is 0 Å². The van der Waals surface area contributed by atoms with Crippen LogP contribution < -0.4 is 0 Å². The second kappa shape index (κ2) is 4.64. The minimum atomic E-state index is -0.738. The molecule has 0 aliphatic carbocycles. The highest BCUT2D eigenvalue weighted by Gasteiger charge is 2.10. The topological polar surface area (TPSA) is 42.5 Å². The maximum absolute atomic E-state index is 13.3. The monoisotopic (exact) mass is 250 g/mol. The Kier molecular flexibility index (Phi) is 3.18. The van der Waals surface area contributed by atoms with Crippen LogP contribution in [-0.4, -0.2) is 9.78 Å². The van der Waals surface area contributed by atoms with Gasteiger partial charge in [-0.1, -0.05) is 6.07 Å². The van der Waals surface area contributed by atoms with E-state index in [-0.39, 0.29) is 5.69 Å². The summed E-state index contributed by atoms with van der Waals surface area (Å²) < 4.78 is 28.3. The minimum Gasteiger partial charge on any atom is -0.270 e. The highest BCUT2D eigenvalue weighted by molar-refractivity contribution is 5.47. The molecule has 0 atom stereocenters. The van der Waals surface area contributed by atoms with Gasteiger partial charge in [-0.05, 0) is 26.0 Å². The van der Waals surface area contributed by atoms with Crippen LogP contribution in [0, 0.1) is 25.5 Å². The Balaban J connectivity index is 2.42. The van der Waals surface area contributed by atoms with Crippen LogP contribution in [0.4, 0.5) is 20.2 Å².